The van der Waals surface area contributed by atoms with Crippen molar-refractivity contribution in [3.63, 3.8) is 0 Å². The average molecular weight is 276 g/mol. The molecule has 1 N–H and O–H groups in total. The van der Waals surface area contributed by atoms with Crippen LogP contribution < -0.4 is 0 Å². The van der Waals surface area contributed by atoms with Crippen LogP contribution in [0.3, 0.4) is 0 Å². The molecule has 112 valence electrons. The van der Waals surface area contributed by atoms with Gasteiger partial charge in [0.05, 0.1) is 18.3 Å². The molecule has 1 aromatic rings. The van der Waals surface area contributed by atoms with Crippen molar-refractivity contribution in [1.29, 1.82) is 0 Å². The maximum atomic E-state index is 9.54. The third-order valence-electron chi connectivity index (χ3n) is 4.26. The SMILES string of the molecule is C[C@H](C[C@@H](C)O)O[C@H](c1ccccc1)C1CCCCC1. The largest absolute Gasteiger partial charge is 0.393 e. The Hall–Kier alpha value is -0.860. The molecule has 0 aromatic heterocycles. The first kappa shape index (κ1) is 15.5. The summed E-state index contributed by atoms with van der Waals surface area (Å²) < 4.78 is 6.33. The lowest BCUT2D eigenvalue weighted by atomic mass is 9.82. The lowest BCUT2D eigenvalue weighted by Crippen LogP contribution is -2.25. The minimum atomic E-state index is -0.298. The van der Waals surface area contributed by atoms with Crippen LogP contribution in [0.4, 0.5) is 0 Å². The predicted molar refractivity (Wildman–Crippen MR) is 82.6 cm³/mol. The smallest absolute Gasteiger partial charge is 0.0856 e. The number of benzene rings is 1. The first-order valence-corrected chi connectivity index (χ1v) is 8.05. The summed E-state index contributed by atoms with van der Waals surface area (Å²) >= 11 is 0. The second kappa shape index (κ2) is 7.80. The molecule has 0 heterocycles. The molecule has 1 aromatic carbocycles. The average Bonchev–Trinajstić information content (AvgIpc) is 2.46. The molecule has 3 atom stereocenters. The van der Waals surface area contributed by atoms with E-state index in [1.807, 2.05) is 6.92 Å². The van der Waals surface area contributed by atoms with Gasteiger partial charge in [-0.3, -0.25) is 0 Å². The molecule has 1 saturated carbocycles. The second-order valence-electron chi connectivity index (χ2n) is 6.26. The van der Waals surface area contributed by atoms with Crippen LogP contribution in [-0.2, 0) is 4.74 Å². The molecule has 2 heteroatoms. The molecule has 20 heavy (non-hydrogen) atoms. The molecule has 0 amide bonds. The van der Waals surface area contributed by atoms with Crippen molar-refractivity contribution >= 4 is 0 Å². The maximum Gasteiger partial charge on any atom is 0.0856 e. The van der Waals surface area contributed by atoms with Gasteiger partial charge < -0.3 is 9.84 Å². The van der Waals surface area contributed by atoms with Gasteiger partial charge in [0.2, 0.25) is 0 Å². The van der Waals surface area contributed by atoms with Crippen LogP contribution in [0.25, 0.3) is 0 Å². The predicted octanol–water partition coefficient (Wildman–Crippen LogP) is 4.48. The van der Waals surface area contributed by atoms with Crippen LogP contribution in [0.2, 0.25) is 0 Å². The van der Waals surface area contributed by atoms with E-state index in [-0.39, 0.29) is 18.3 Å². The van der Waals surface area contributed by atoms with Gasteiger partial charge >= 0.3 is 0 Å². The number of hydrogen-bond donors (Lipinski definition) is 1. The highest BCUT2D eigenvalue weighted by Crippen LogP contribution is 2.37. The normalized spacial score (nSPS) is 21.4. The highest BCUT2D eigenvalue weighted by Gasteiger charge is 2.27. The van der Waals surface area contributed by atoms with Crippen LogP contribution >= 0.6 is 0 Å². The number of ether oxygens (including phenoxy) is 1. The summed E-state index contributed by atoms with van der Waals surface area (Å²) in [6, 6.07) is 10.6. The zero-order chi connectivity index (χ0) is 14.4. The van der Waals surface area contributed by atoms with Crippen LogP contribution in [-0.4, -0.2) is 17.3 Å². The Balaban J connectivity index is 2.07. The summed E-state index contributed by atoms with van der Waals surface area (Å²) in [6.45, 7) is 3.91. The first-order chi connectivity index (χ1) is 9.66. The minimum Gasteiger partial charge on any atom is -0.393 e. The van der Waals surface area contributed by atoms with Crippen LogP contribution in [0, 0.1) is 5.92 Å². The lowest BCUT2D eigenvalue weighted by molar-refractivity contribution is -0.0603. The van der Waals surface area contributed by atoms with E-state index in [9.17, 15) is 5.11 Å². The van der Waals surface area contributed by atoms with Gasteiger partial charge in [0.1, 0.15) is 0 Å². The Labute approximate surface area is 123 Å². The van der Waals surface area contributed by atoms with Crippen LogP contribution in [0.15, 0.2) is 30.3 Å². The number of aliphatic hydroxyl groups excluding tert-OH is 1. The molecule has 0 saturated heterocycles. The highest BCUT2D eigenvalue weighted by molar-refractivity contribution is 5.18. The molecule has 2 rings (SSSR count). The Morgan fingerprint density at radius 2 is 1.75 bits per heavy atom. The van der Waals surface area contributed by atoms with E-state index in [4.69, 9.17) is 4.74 Å². The Morgan fingerprint density at radius 3 is 2.35 bits per heavy atom. The molecule has 1 aliphatic carbocycles. The summed E-state index contributed by atoms with van der Waals surface area (Å²) in [5.74, 6) is 0.627. The van der Waals surface area contributed by atoms with Crippen molar-refractivity contribution in [2.24, 2.45) is 5.92 Å². The Kier molecular flexibility index (Phi) is 6.06. The van der Waals surface area contributed by atoms with E-state index in [1.54, 1.807) is 0 Å². The van der Waals surface area contributed by atoms with Gasteiger partial charge in [0.25, 0.3) is 0 Å². The summed E-state index contributed by atoms with van der Waals surface area (Å²) in [5, 5.41) is 9.54. The second-order valence-corrected chi connectivity index (χ2v) is 6.26. The monoisotopic (exact) mass is 276 g/mol. The third kappa shape index (κ3) is 4.60. The zero-order valence-corrected chi connectivity index (χ0v) is 12.8. The van der Waals surface area contributed by atoms with E-state index < -0.39 is 0 Å². The van der Waals surface area contributed by atoms with Crippen molar-refractivity contribution in [2.45, 2.75) is 70.7 Å². The molecule has 0 unspecified atom stereocenters. The number of aliphatic hydroxyl groups is 1. The van der Waals surface area contributed by atoms with Crippen LogP contribution in [0.1, 0.15) is 64.0 Å². The van der Waals surface area contributed by atoms with Gasteiger partial charge in [0, 0.05) is 0 Å². The molecule has 2 nitrogen and oxygen atoms in total. The van der Waals surface area contributed by atoms with E-state index in [1.165, 1.54) is 37.7 Å². The summed E-state index contributed by atoms with van der Waals surface area (Å²) in [6.07, 6.45) is 7.23. The highest BCUT2D eigenvalue weighted by atomic mass is 16.5. The van der Waals surface area contributed by atoms with Crippen molar-refractivity contribution in [3.8, 4) is 0 Å². The van der Waals surface area contributed by atoms with Crippen molar-refractivity contribution in [1.82, 2.24) is 0 Å². The molecular weight excluding hydrogens is 248 g/mol. The summed E-state index contributed by atoms with van der Waals surface area (Å²) in [7, 11) is 0. The minimum absolute atomic E-state index is 0.0992. The van der Waals surface area contributed by atoms with Gasteiger partial charge in [-0.25, -0.2) is 0 Å². The van der Waals surface area contributed by atoms with Gasteiger partial charge in [-0.2, -0.15) is 0 Å². The molecule has 0 radical (unpaired) electrons. The molecular formula is C18H28O2. The molecule has 0 spiro atoms. The molecule has 0 bridgehead atoms. The first-order valence-electron chi connectivity index (χ1n) is 8.05. The number of hydrogen-bond acceptors (Lipinski definition) is 2. The van der Waals surface area contributed by atoms with Gasteiger partial charge in [0.15, 0.2) is 0 Å². The van der Waals surface area contributed by atoms with Gasteiger partial charge in [-0.05, 0) is 44.6 Å². The maximum absolute atomic E-state index is 9.54. The van der Waals surface area contributed by atoms with E-state index >= 15 is 0 Å². The lowest BCUT2D eigenvalue weighted by Gasteiger charge is -2.33. The van der Waals surface area contributed by atoms with Crippen LogP contribution in [0.5, 0.6) is 0 Å². The zero-order valence-electron chi connectivity index (χ0n) is 12.8. The van der Waals surface area contributed by atoms with Crippen molar-refractivity contribution < 1.29 is 9.84 Å². The fourth-order valence-corrected chi connectivity index (χ4v) is 3.33. The number of rotatable bonds is 6. The fraction of sp³-hybridized carbons (Fsp3) is 0.667. The standard InChI is InChI=1S/C18H28O2/c1-14(19)13-15(2)20-18(16-9-5-3-6-10-16)17-11-7-4-8-12-17/h3,5-6,9-10,14-15,17-19H,4,7-8,11-13H2,1-2H3/t14-,15-,18-/m1/s1. The summed E-state index contributed by atoms with van der Waals surface area (Å²) in [5.41, 5.74) is 1.29. The molecule has 1 fully saturated rings. The third-order valence-corrected chi connectivity index (χ3v) is 4.26. The van der Waals surface area contributed by atoms with Gasteiger partial charge in [-0.1, -0.05) is 49.6 Å². The Morgan fingerprint density at radius 1 is 1.10 bits per heavy atom. The molecule has 0 aliphatic heterocycles. The van der Waals surface area contributed by atoms with E-state index in [0.717, 1.165) is 0 Å². The van der Waals surface area contributed by atoms with Crippen molar-refractivity contribution in [2.75, 3.05) is 0 Å². The fourth-order valence-electron chi connectivity index (χ4n) is 3.33. The summed E-state index contributed by atoms with van der Waals surface area (Å²) in [4.78, 5) is 0. The molecule has 1 aliphatic rings. The van der Waals surface area contributed by atoms with E-state index in [0.29, 0.717) is 12.3 Å². The van der Waals surface area contributed by atoms with Crippen molar-refractivity contribution in [3.05, 3.63) is 35.9 Å². The quantitative estimate of drug-likeness (QED) is 0.830. The van der Waals surface area contributed by atoms with Gasteiger partial charge in [-0.15, -0.1) is 0 Å². The topological polar surface area (TPSA) is 29.5 Å². The Bertz CT molecular complexity index is 368. The van der Waals surface area contributed by atoms with E-state index in [2.05, 4.69) is 37.3 Å².